The van der Waals surface area contributed by atoms with Gasteiger partial charge in [-0.15, -0.1) is 0 Å². The van der Waals surface area contributed by atoms with Crippen molar-refractivity contribution < 1.29 is 14.3 Å². The van der Waals surface area contributed by atoms with E-state index in [1.54, 1.807) is 0 Å². The molecular formula is C22H28N2O3. The number of benzene rings is 2. The summed E-state index contributed by atoms with van der Waals surface area (Å²) >= 11 is 0. The average Bonchev–Trinajstić information content (AvgIpc) is 3.14. The summed E-state index contributed by atoms with van der Waals surface area (Å²) in [4.78, 5) is 16.8. The number of hydrogen-bond acceptors (Lipinski definition) is 4. The third kappa shape index (κ3) is 5.01. The van der Waals surface area contributed by atoms with E-state index in [2.05, 4.69) is 31.2 Å². The molecule has 0 radical (unpaired) electrons. The van der Waals surface area contributed by atoms with Gasteiger partial charge in [-0.1, -0.05) is 42.5 Å². The molecular weight excluding hydrogens is 340 g/mol. The van der Waals surface area contributed by atoms with Crippen molar-refractivity contribution in [2.24, 2.45) is 0 Å². The van der Waals surface area contributed by atoms with Gasteiger partial charge in [-0.3, -0.25) is 4.79 Å². The summed E-state index contributed by atoms with van der Waals surface area (Å²) in [5.41, 5.74) is 2.28. The molecule has 2 aromatic carbocycles. The lowest BCUT2D eigenvalue weighted by Crippen LogP contribution is -2.43. The molecule has 0 spiro atoms. The molecule has 0 aromatic heterocycles. The van der Waals surface area contributed by atoms with E-state index in [0.29, 0.717) is 13.1 Å². The van der Waals surface area contributed by atoms with E-state index in [1.165, 1.54) is 5.56 Å². The van der Waals surface area contributed by atoms with Crippen LogP contribution in [0.25, 0.3) is 0 Å². The monoisotopic (exact) mass is 368 g/mol. The second-order valence-corrected chi connectivity index (χ2v) is 7.28. The van der Waals surface area contributed by atoms with Crippen molar-refractivity contribution >= 4 is 5.91 Å². The quantitative estimate of drug-likeness (QED) is 0.717. The van der Waals surface area contributed by atoms with Gasteiger partial charge in [-0.05, 0) is 45.5 Å². The second-order valence-electron chi connectivity index (χ2n) is 7.28. The Balaban J connectivity index is 1.74. The number of fused-ring (bicyclic) bond motifs is 1. The first kappa shape index (κ1) is 19.2. The van der Waals surface area contributed by atoms with Crippen molar-refractivity contribution in [3.05, 3.63) is 59.7 Å². The van der Waals surface area contributed by atoms with Crippen LogP contribution in [-0.4, -0.2) is 49.2 Å². The first-order valence-electron chi connectivity index (χ1n) is 9.40. The lowest BCUT2D eigenvalue weighted by Gasteiger charge is -2.31. The van der Waals surface area contributed by atoms with E-state index >= 15 is 0 Å². The molecule has 0 bridgehead atoms. The molecule has 27 heavy (non-hydrogen) atoms. The van der Waals surface area contributed by atoms with E-state index in [4.69, 9.17) is 9.47 Å². The summed E-state index contributed by atoms with van der Waals surface area (Å²) in [6.07, 6.45) is 1.86. The topological polar surface area (TPSA) is 42.0 Å². The maximum atomic E-state index is 12.9. The van der Waals surface area contributed by atoms with E-state index in [1.807, 2.05) is 48.2 Å². The SMILES string of the molecule is C[C@@H](CCc1ccccc1)N(Cc1cccc2c1OCO2)C(=O)CN(C)C. The minimum Gasteiger partial charge on any atom is -0.454 e. The number of ether oxygens (including phenoxy) is 2. The van der Waals surface area contributed by atoms with Crippen molar-refractivity contribution in [2.45, 2.75) is 32.4 Å². The minimum absolute atomic E-state index is 0.121. The fourth-order valence-corrected chi connectivity index (χ4v) is 3.33. The summed E-state index contributed by atoms with van der Waals surface area (Å²) in [5, 5.41) is 0. The molecule has 144 valence electrons. The maximum absolute atomic E-state index is 12.9. The third-order valence-corrected chi connectivity index (χ3v) is 4.82. The summed E-state index contributed by atoms with van der Waals surface area (Å²) in [5.74, 6) is 1.64. The fraction of sp³-hybridized carbons (Fsp3) is 0.409. The minimum atomic E-state index is 0.121. The molecule has 1 aliphatic heterocycles. The van der Waals surface area contributed by atoms with Crippen molar-refractivity contribution in [1.82, 2.24) is 9.80 Å². The van der Waals surface area contributed by atoms with Gasteiger partial charge in [0.05, 0.1) is 6.54 Å². The molecule has 0 N–H and O–H groups in total. The third-order valence-electron chi connectivity index (χ3n) is 4.82. The molecule has 5 nitrogen and oxygen atoms in total. The zero-order chi connectivity index (χ0) is 19.2. The van der Waals surface area contributed by atoms with Crippen LogP contribution in [0.15, 0.2) is 48.5 Å². The second kappa shape index (κ2) is 8.91. The highest BCUT2D eigenvalue weighted by Crippen LogP contribution is 2.36. The Bertz CT molecular complexity index is 761. The van der Waals surface area contributed by atoms with Crippen LogP contribution in [0.2, 0.25) is 0 Å². The van der Waals surface area contributed by atoms with Crippen molar-refractivity contribution in [1.29, 1.82) is 0 Å². The molecule has 0 saturated carbocycles. The molecule has 1 heterocycles. The lowest BCUT2D eigenvalue weighted by molar-refractivity contribution is -0.134. The van der Waals surface area contributed by atoms with Crippen LogP contribution < -0.4 is 9.47 Å². The number of nitrogens with zero attached hydrogens (tertiary/aromatic N) is 2. The molecule has 2 aromatic rings. The number of aryl methyl sites for hydroxylation is 1. The number of rotatable bonds is 8. The Morgan fingerprint density at radius 3 is 2.59 bits per heavy atom. The van der Waals surface area contributed by atoms with Crippen LogP contribution in [0.4, 0.5) is 0 Å². The number of hydrogen-bond donors (Lipinski definition) is 0. The van der Waals surface area contributed by atoms with E-state index < -0.39 is 0 Å². The Kier molecular flexibility index (Phi) is 6.35. The van der Waals surface area contributed by atoms with Gasteiger partial charge >= 0.3 is 0 Å². The van der Waals surface area contributed by atoms with E-state index in [-0.39, 0.29) is 18.7 Å². The molecule has 1 atom stereocenters. The number of likely N-dealkylation sites (N-methyl/N-ethyl adjacent to an activating group) is 1. The van der Waals surface area contributed by atoms with Crippen molar-refractivity contribution in [3.63, 3.8) is 0 Å². The van der Waals surface area contributed by atoms with Crippen molar-refractivity contribution in [3.8, 4) is 11.5 Å². The van der Waals surface area contributed by atoms with Gasteiger partial charge in [0.1, 0.15) is 0 Å². The molecule has 0 saturated heterocycles. The Labute approximate surface area is 161 Å². The maximum Gasteiger partial charge on any atom is 0.237 e. The number of carbonyl (C=O) groups is 1. The van der Waals surface area contributed by atoms with Crippen LogP contribution in [0, 0.1) is 0 Å². The highest BCUT2D eigenvalue weighted by molar-refractivity contribution is 5.78. The predicted octanol–water partition coefficient (Wildman–Crippen LogP) is 3.33. The molecule has 0 fully saturated rings. The van der Waals surface area contributed by atoms with Gasteiger partial charge in [-0.25, -0.2) is 0 Å². The average molecular weight is 368 g/mol. The smallest absolute Gasteiger partial charge is 0.237 e. The molecule has 3 rings (SSSR count). The van der Waals surface area contributed by atoms with Gasteiger partial charge in [0, 0.05) is 18.2 Å². The van der Waals surface area contributed by atoms with E-state index in [0.717, 1.165) is 29.9 Å². The van der Waals surface area contributed by atoms with Gasteiger partial charge in [-0.2, -0.15) is 0 Å². The Hall–Kier alpha value is -2.53. The van der Waals surface area contributed by atoms with Crippen LogP contribution >= 0.6 is 0 Å². The lowest BCUT2D eigenvalue weighted by atomic mass is 10.0. The summed E-state index contributed by atoms with van der Waals surface area (Å²) < 4.78 is 11.1. The van der Waals surface area contributed by atoms with Gasteiger partial charge in [0.2, 0.25) is 12.7 Å². The normalized spacial score (nSPS) is 13.6. The van der Waals surface area contributed by atoms with Crippen LogP contribution in [-0.2, 0) is 17.8 Å². The zero-order valence-electron chi connectivity index (χ0n) is 16.4. The Morgan fingerprint density at radius 1 is 1.07 bits per heavy atom. The molecule has 5 heteroatoms. The first-order valence-corrected chi connectivity index (χ1v) is 9.40. The van der Waals surface area contributed by atoms with Crippen LogP contribution in [0.5, 0.6) is 11.5 Å². The van der Waals surface area contributed by atoms with E-state index in [9.17, 15) is 4.79 Å². The van der Waals surface area contributed by atoms with Gasteiger partial charge < -0.3 is 19.3 Å². The highest BCUT2D eigenvalue weighted by Gasteiger charge is 2.25. The molecule has 1 amide bonds. The summed E-state index contributed by atoms with van der Waals surface area (Å²) in [6.45, 7) is 3.27. The van der Waals surface area contributed by atoms with Gasteiger partial charge in [0.25, 0.3) is 0 Å². The summed E-state index contributed by atoms with van der Waals surface area (Å²) in [7, 11) is 3.84. The Morgan fingerprint density at radius 2 is 1.85 bits per heavy atom. The standard InChI is InChI=1S/C22H28N2O3/c1-17(12-13-18-8-5-4-6-9-18)24(21(25)15-23(2)3)14-19-10-7-11-20-22(19)27-16-26-20/h4-11,17H,12-16H2,1-3H3/t17-/m0/s1. The number of amides is 1. The van der Waals surface area contributed by atoms with Crippen LogP contribution in [0.3, 0.4) is 0 Å². The predicted molar refractivity (Wildman–Crippen MR) is 106 cm³/mol. The zero-order valence-corrected chi connectivity index (χ0v) is 16.4. The number of para-hydroxylation sites is 1. The molecule has 0 unspecified atom stereocenters. The fourth-order valence-electron chi connectivity index (χ4n) is 3.33. The highest BCUT2D eigenvalue weighted by atomic mass is 16.7. The largest absolute Gasteiger partial charge is 0.454 e. The number of carbonyl (C=O) groups excluding carboxylic acids is 1. The first-order chi connectivity index (χ1) is 13.0. The molecule has 0 aliphatic carbocycles. The van der Waals surface area contributed by atoms with Crippen LogP contribution in [0.1, 0.15) is 24.5 Å². The summed E-state index contributed by atoms with van der Waals surface area (Å²) in [6, 6.07) is 16.4. The molecule has 1 aliphatic rings. The van der Waals surface area contributed by atoms with Crippen molar-refractivity contribution in [2.75, 3.05) is 27.4 Å². The van der Waals surface area contributed by atoms with Gasteiger partial charge in [0.15, 0.2) is 11.5 Å².